The Balaban J connectivity index is 1.47. The number of ether oxygens (including phenoxy) is 1. The molecular weight excluding hydrogens is 419 g/mol. The van der Waals surface area contributed by atoms with Crippen molar-refractivity contribution in [3.63, 3.8) is 0 Å². The number of hydrogen-bond acceptors (Lipinski definition) is 6. The lowest BCUT2D eigenvalue weighted by Crippen LogP contribution is -2.06. The summed E-state index contributed by atoms with van der Waals surface area (Å²) >= 11 is 0. The van der Waals surface area contributed by atoms with E-state index in [1.165, 1.54) is 12.4 Å². The molecule has 7 nitrogen and oxygen atoms in total. The Morgan fingerprint density at radius 1 is 1.10 bits per heavy atom. The van der Waals surface area contributed by atoms with Crippen molar-refractivity contribution in [1.29, 1.82) is 0 Å². The Kier molecular flexibility index (Phi) is 3.92. The highest BCUT2D eigenvalue weighted by Gasteiger charge is 2.31. The van der Waals surface area contributed by atoms with E-state index in [1.807, 2.05) is 6.07 Å². The quantitative estimate of drug-likeness (QED) is 0.491. The molecule has 0 saturated carbocycles. The van der Waals surface area contributed by atoms with Gasteiger partial charge in [-0.05, 0) is 30.2 Å². The first-order valence-electron chi connectivity index (χ1n) is 9.98. The van der Waals surface area contributed by atoms with E-state index in [0.717, 1.165) is 16.9 Å². The van der Waals surface area contributed by atoms with E-state index in [2.05, 4.69) is 15.0 Å². The van der Waals surface area contributed by atoms with Crippen molar-refractivity contribution < 1.29 is 17.5 Å². The highest BCUT2D eigenvalue weighted by Crippen LogP contribution is 2.36. The third kappa shape index (κ3) is 2.76. The number of fused-ring (bicyclic) bond motifs is 3. The van der Waals surface area contributed by atoms with Crippen molar-refractivity contribution >= 4 is 15.4 Å². The minimum atomic E-state index is -3.65. The van der Waals surface area contributed by atoms with Gasteiger partial charge in [0.05, 0.1) is 23.6 Å². The molecule has 0 fully saturated rings. The first-order chi connectivity index (χ1) is 15.0. The summed E-state index contributed by atoms with van der Waals surface area (Å²) in [6.45, 7) is 0.555. The lowest BCUT2D eigenvalue weighted by atomic mass is 9.99. The first kappa shape index (κ1) is 18.4. The van der Waals surface area contributed by atoms with Gasteiger partial charge >= 0.3 is 0 Å². The molecule has 4 aromatic rings. The van der Waals surface area contributed by atoms with Crippen molar-refractivity contribution in [1.82, 2.24) is 19.4 Å². The number of aromatic nitrogens is 4. The number of benzene rings is 1. The van der Waals surface area contributed by atoms with Gasteiger partial charge < -0.3 is 4.74 Å². The summed E-state index contributed by atoms with van der Waals surface area (Å²) in [5.41, 5.74) is 3.93. The van der Waals surface area contributed by atoms with Crippen LogP contribution in [0.15, 0.2) is 48.0 Å². The summed E-state index contributed by atoms with van der Waals surface area (Å²) < 4.78 is 47.7. The van der Waals surface area contributed by atoms with Crippen LogP contribution in [0.1, 0.15) is 22.6 Å². The van der Waals surface area contributed by atoms with Crippen LogP contribution in [0, 0.1) is 5.82 Å². The fourth-order valence-corrected chi connectivity index (χ4v) is 5.95. The molecule has 3 aromatic heterocycles. The lowest BCUT2D eigenvalue weighted by molar-refractivity contribution is 0.356. The molecule has 0 radical (unpaired) electrons. The molecule has 0 bridgehead atoms. The molecule has 0 saturated heterocycles. The van der Waals surface area contributed by atoms with E-state index in [1.54, 1.807) is 28.9 Å². The Bertz CT molecular complexity index is 1480. The molecule has 31 heavy (non-hydrogen) atoms. The summed E-state index contributed by atoms with van der Waals surface area (Å²) in [4.78, 5) is 13.1. The molecule has 0 unspecified atom stereocenters. The number of aryl methyl sites for hydroxylation is 1. The van der Waals surface area contributed by atoms with E-state index < -0.39 is 9.84 Å². The van der Waals surface area contributed by atoms with Gasteiger partial charge in [-0.2, -0.15) is 0 Å². The molecule has 9 heteroatoms. The fourth-order valence-electron chi connectivity index (χ4n) is 4.51. The summed E-state index contributed by atoms with van der Waals surface area (Å²) in [6.07, 6.45) is 6.29. The van der Waals surface area contributed by atoms with Crippen LogP contribution in [0.3, 0.4) is 0 Å². The molecule has 0 aliphatic carbocycles. The smallest absolute Gasteiger partial charge is 0.203 e. The molecule has 6 rings (SSSR count). The maximum atomic E-state index is 14.5. The number of sulfone groups is 1. The standard InChI is InChI=1S/C22H17FN4O3S/c23-17-4-5-19-15(7-9-30-19)13(17)3-6-20-25-10-16-14-2-1-8-24-18(14)11-31(28,29)22-21(16)27(20)12-26-22/h1-2,4-5,8,10,12H,3,6-7,9,11H2. The van der Waals surface area contributed by atoms with Crippen LogP contribution < -0.4 is 4.74 Å². The van der Waals surface area contributed by atoms with Gasteiger partial charge in [0.2, 0.25) is 9.84 Å². The predicted octanol–water partition coefficient (Wildman–Crippen LogP) is 2.94. The van der Waals surface area contributed by atoms with Crippen LogP contribution in [0.4, 0.5) is 4.39 Å². The number of nitrogens with zero attached hydrogens (tertiary/aromatic N) is 4. The van der Waals surface area contributed by atoms with Crippen molar-refractivity contribution in [3.05, 3.63) is 71.4 Å². The van der Waals surface area contributed by atoms with Gasteiger partial charge in [-0.25, -0.2) is 22.8 Å². The van der Waals surface area contributed by atoms with E-state index in [9.17, 15) is 12.8 Å². The van der Waals surface area contributed by atoms with Crippen molar-refractivity contribution in [2.24, 2.45) is 0 Å². The Morgan fingerprint density at radius 2 is 2.00 bits per heavy atom. The molecule has 2 aliphatic heterocycles. The predicted molar refractivity (Wildman–Crippen MR) is 110 cm³/mol. The zero-order valence-corrected chi connectivity index (χ0v) is 17.2. The molecule has 5 heterocycles. The highest BCUT2D eigenvalue weighted by atomic mass is 32.2. The first-order valence-corrected chi connectivity index (χ1v) is 11.6. The Hall–Kier alpha value is -3.33. The van der Waals surface area contributed by atoms with Gasteiger partial charge in [-0.15, -0.1) is 0 Å². The third-order valence-electron chi connectivity index (χ3n) is 5.95. The Labute approximate surface area is 177 Å². The number of hydrogen-bond donors (Lipinski definition) is 0. The van der Waals surface area contributed by atoms with Crippen molar-refractivity contribution in [2.75, 3.05) is 6.61 Å². The molecule has 1 aromatic carbocycles. The third-order valence-corrected chi connectivity index (χ3v) is 7.49. The van der Waals surface area contributed by atoms with Crippen LogP contribution in [-0.2, 0) is 34.9 Å². The molecule has 0 N–H and O–H groups in total. The second kappa shape index (κ2) is 6.58. The fraction of sp³-hybridized carbons (Fsp3) is 0.227. The molecule has 2 aliphatic rings. The van der Waals surface area contributed by atoms with E-state index in [0.29, 0.717) is 54.0 Å². The summed E-state index contributed by atoms with van der Waals surface area (Å²) in [5, 5.41) is 0.0318. The van der Waals surface area contributed by atoms with Gasteiger partial charge in [0.15, 0.2) is 5.03 Å². The average molecular weight is 436 g/mol. The summed E-state index contributed by atoms with van der Waals surface area (Å²) in [7, 11) is -3.65. The molecule has 0 spiro atoms. The monoisotopic (exact) mass is 436 g/mol. The highest BCUT2D eigenvalue weighted by molar-refractivity contribution is 7.90. The van der Waals surface area contributed by atoms with Gasteiger partial charge in [0, 0.05) is 41.9 Å². The van der Waals surface area contributed by atoms with E-state index in [4.69, 9.17) is 4.74 Å². The molecule has 0 amide bonds. The van der Waals surface area contributed by atoms with Crippen LogP contribution in [-0.4, -0.2) is 34.4 Å². The topological polar surface area (TPSA) is 86.5 Å². The normalized spacial score (nSPS) is 15.9. The summed E-state index contributed by atoms with van der Waals surface area (Å²) in [5.74, 6) is 0.886. The van der Waals surface area contributed by atoms with Crippen LogP contribution >= 0.6 is 0 Å². The molecule has 0 atom stereocenters. The van der Waals surface area contributed by atoms with Gasteiger partial charge in [0.25, 0.3) is 0 Å². The minimum Gasteiger partial charge on any atom is -0.493 e. The molecule has 156 valence electrons. The average Bonchev–Trinajstić information content (AvgIpc) is 3.39. The number of pyridine rings is 1. The van der Waals surface area contributed by atoms with Crippen LogP contribution in [0.25, 0.3) is 16.6 Å². The maximum Gasteiger partial charge on any atom is 0.203 e. The van der Waals surface area contributed by atoms with Gasteiger partial charge in [-0.3, -0.25) is 9.38 Å². The Morgan fingerprint density at radius 3 is 2.90 bits per heavy atom. The minimum absolute atomic E-state index is 0.0318. The zero-order chi connectivity index (χ0) is 21.2. The summed E-state index contributed by atoms with van der Waals surface area (Å²) in [6, 6.07) is 6.72. The van der Waals surface area contributed by atoms with Crippen LogP contribution in [0.2, 0.25) is 0 Å². The van der Waals surface area contributed by atoms with Crippen LogP contribution in [0.5, 0.6) is 5.75 Å². The largest absolute Gasteiger partial charge is 0.493 e. The van der Waals surface area contributed by atoms with Crippen molar-refractivity contribution in [2.45, 2.75) is 30.0 Å². The van der Waals surface area contributed by atoms with Gasteiger partial charge in [-0.1, -0.05) is 6.07 Å². The van der Waals surface area contributed by atoms with Crippen molar-refractivity contribution in [3.8, 4) is 16.9 Å². The SMILES string of the molecule is O=S1(=O)Cc2ncccc2-c2cnc(CCc3c(F)ccc4c3CCO4)n3cnc1c23. The lowest BCUT2D eigenvalue weighted by Gasteiger charge is -2.11. The van der Waals surface area contributed by atoms with E-state index in [-0.39, 0.29) is 16.6 Å². The van der Waals surface area contributed by atoms with E-state index >= 15 is 0 Å². The number of rotatable bonds is 3. The molecular formula is C22H17FN4O3S. The second-order valence-electron chi connectivity index (χ2n) is 7.71. The number of halogens is 1. The van der Waals surface area contributed by atoms with Gasteiger partial charge in [0.1, 0.15) is 23.7 Å². The number of imidazole rings is 1. The zero-order valence-electron chi connectivity index (χ0n) is 16.4. The second-order valence-corrected chi connectivity index (χ2v) is 9.62. The maximum absolute atomic E-state index is 14.5.